The highest BCUT2D eigenvalue weighted by molar-refractivity contribution is 5.33. The molecule has 2 aromatic rings. The normalized spacial score (nSPS) is 26.0. The van der Waals surface area contributed by atoms with Crippen LogP contribution in [-0.4, -0.2) is 54.2 Å². The molecule has 0 amide bonds. The largest absolute Gasteiger partial charge is 0.489 e. The van der Waals surface area contributed by atoms with Crippen molar-refractivity contribution in [1.29, 1.82) is 0 Å². The van der Waals surface area contributed by atoms with E-state index in [0.717, 1.165) is 44.8 Å². The monoisotopic (exact) mass is 380 g/mol. The van der Waals surface area contributed by atoms with Crippen molar-refractivity contribution in [2.24, 2.45) is 5.41 Å². The Bertz CT molecular complexity index is 766. The summed E-state index contributed by atoms with van der Waals surface area (Å²) in [6.07, 6.45) is 3.43. The molecule has 2 aromatic carbocycles. The molecule has 4 nitrogen and oxygen atoms in total. The lowest BCUT2D eigenvalue weighted by atomic mass is 9.69. The number of hydrogen-bond acceptors (Lipinski definition) is 4. The number of likely N-dealkylation sites (N-methyl/N-ethyl adjacent to an activating group) is 1. The summed E-state index contributed by atoms with van der Waals surface area (Å²) < 4.78 is 6.16. The van der Waals surface area contributed by atoms with Gasteiger partial charge in [0.25, 0.3) is 0 Å². The Morgan fingerprint density at radius 2 is 1.82 bits per heavy atom. The standard InChI is InChI=1S/C24H32N2O2/c1-25-14-7-12-24(19-27)13-15-26(17-23(24)25)16-21-10-5-6-11-22(21)28-18-20-8-3-2-4-9-20/h2-6,8-11,23,27H,7,12-19H2,1H3/t23-,24-/m1/s1. The van der Waals surface area contributed by atoms with Crippen molar-refractivity contribution < 1.29 is 9.84 Å². The molecule has 0 spiro atoms. The van der Waals surface area contributed by atoms with Crippen LogP contribution in [0.4, 0.5) is 0 Å². The van der Waals surface area contributed by atoms with Crippen molar-refractivity contribution in [3.8, 4) is 5.75 Å². The SMILES string of the molecule is CN1CCC[C@]2(CO)CCN(Cc3ccccc3OCc3ccccc3)C[C@@H]12. The fraction of sp³-hybridized carbons (Fsp3) is 0.500. The molecule has 0 unspecified atom stereocenters. The van der Waals surface area contributed by atoms with Gasteiger partial charge in [0.15, 0.2) is 0 Å². The zero-order valence-corrected chi connectivity index (χ0v) is 16.9. The number of hydrogen-bond donors (Lipinski definition) is 1. The zero-order valence-electron chi connectivity index (χ0n) is 16.9. The van der Waals surface area contributed by atoms with Gasteiger partial charge in [-0.05, 0) is 51.0 Å². The first-order valence-electron chi connectivity index (χ1n) is 10.5. The van der Waals surface area contributed by atoms with Crippen molar-refractivity contribution in [2.45, 2.75) is 38.5 Å². The van der Waals surface area contributed by atoms with Gasteiger partial charge in [0.05, 0.1) is 6.61 Å². The molecule has 4 heteroatoms. The highest BCUT2D eigenvalue weighted by Gasteiger charge is 2.46. The van der Waals surface area contributed by atoms with Crippen molar-refractivity contribution in [1.82, 2.24) is 9.80 Å². The molecular formula is C24H32N2O2. The number of ether oxygens (including phenoxy) is 1. The molecule has 2 aliphatic heterocycles. The molecule has 2 heterocycles. The molecule has 2 aliphatic rings. The number of likely N-dealkylation sites (tertiary alicyclic amines) is 2. The Balaban J connectivity index is 1.43. The molecule has 150 valence electrons. The lowest BCUT2D eigenvalue weighted by Gasteiger charge is -2.53. The van der Waals surface area contributed by atoms with E-state index < -0.39 is 0 Å². The summed E-state index contributed by atoms with van der Waals surface area (Å²) in [5.41, 5.74) is 2.52. The van der Waals surface area contributed by atoms with Crippen LogP contribution in [0.25, 0.3) is 0 Å². The van der Waals surface area contributed by atoms with Gasteiger partial charge in [0.2, 0.25) is 0 Å². The smallest absolute Gasteiger partial charge is 0.124 e. The van der Waals surface area contributed by atoms with Crippen LogP contribution in [0.1, 0.15) is 30.4 Å². The topological polar surface area (TPSA) is 35.9 Å². The van der Waals surface area contributed by atoms with Crippen molar-refractivity contribution >= 4 is 0 Å². The maximum absolute atomic E-state index is 10.1. The van der Waals surface area contributed by atoms with Gasteiger partial charge in [-0.25, -0.2) is 0 Å². The Kier molecular flexibility index (Phi) is 6.00. The molecule has 2 saturated heterocycles. The van der Waals surface area contributed by atoms with Crippen LogP contribution in [0, 0.1) is 5.41 Å². The van der Waals surface area contributed by atoms with Crippen LogP contribution >= 0.6 is 0 Å². The highest BCUT2D eigenvalue weighted by Crippen LogP contribution is 2.42. The average molecular weight is 381 g/mol. The number of benzene rings is 2. The summed E-state index contributed by atoms with van der Waals surface area (Å²) in [6, 6.07) is 19.2. The van der Waals surface area contributed by atoms with E-state index >= 15 is 0 Å². The van der Waals surface area contributed by atoms with Crippen molar-refractivity contribution in [3.63, 3.8) is 0 Å². The molecular weight excluding hydrogens is 348 g/mol. The Morgan fingerprint density at radius 3 is 2.64 bits per heavy atom. The quantitative estimate of drug-likeness (QED) is 0.831. The second-order valence-electron chi connectivity index (χ2n) is 8.49. The van der Waals surface area contributed by atoms with Gasteiger partial charge < -0.3 is 14.7 Å². The summed E-state index contributed by atoms with van der Waals surface area (Å²) in [6.45, 7) is 5.00. The fourth-order valence-electron chi connectivity index (χ4n) is 4.97. The van der Waals surface area contributed by atoms with Gasteiger partial charge in [-0.1, -0.05) is 48.5 Å². The number of rotatable bonds is 6. The van der Waals surface area contributed by atoms with Crippen LogP contribution in [0.2, 0.25) is 0 Å². The van der Waals surface area contributed by atoms with Gasteiger partial charge >= 0.3 is 0 Å². The average Bonchev–Trinajstić information content (AvgIpc) is 2.74. The maximum atomic E-state index is 10.1. The number of aliphatic hydroxyl groups is 1. The third-order valence-electron chi connectivity index (χ3n) is 6.70. The van der Waals surface area contributed by atoms with E-state index in [4.69, 9.17) is 4.74 Å². The maximum Gasteiger partial charge on any atom is 0.124 e. The lowest BCUT2D eigenvalue weighted by molar-refractivity contribution is -0.0685. The minimum Gasteiger partial charge on any atom is -0.489 e. The Labute approximate surface area is 168 Å². The van der Waals surface area contributed by atoms with E-state index in [1.807, 2.05) is 24.3 Å². The zero-order chi connectivity index (χ0) is 19.4. The van der Waals surface area contributed by atoms with Crippen molar-refractivity contribution in [3.05, 3.63) is 65.7 Å². The van der Waals surface area contributed by atoms with Gasteiger partial charge in [0.1, 0.15) is 12.4 Å². The molecule has 4 rings (SSSR count). The van der Waals surface area contributed by atoms with Crippen molar-refractivity contribution in [2.75, 3.05) is 33.3 Å². The van der Waals surface area contributed by atoms with Gasteiger partial charge in [-0.15, -0.1) is 0 Å². The minimum atomic E-state index is 0.0901. The number of piperidine rings is 2. The molecule has 0 bridgehead atoms. The predicted molar refractivity (Wildman–Crippen MR) is 112 cm³/mol. The summed E-state index contributed by atoms with van der Waals surface area (Å²) in [4.78, 5) is 4.99. The second kappa shape index (κ2) is 8.64. The van der Waals surface area contributed by atoms with E-state index in [1.165, 1.54) is 17.5 Å². The first-order chi connectivity index (χ1) is 13.7. The number of nitrogens with zero attached hydrogens (tertiary/aromatic N) is 2. The van der Waals surface area contributed by atoms with Crippen LogP contribution < -0.4 is 4.74 Å². The predicted octanol–water partition coefficient (Wildman–Crippen LogP) is 3.54. The summed E-state index contributed by atoms with van der Waals surface area (Å²) in [7, 11) is 2.22. The molecule has 2 fully saturated rings. The Morgan fingerprint density at radius 1 is 1.04 bits per heavy atom. The molecule has 0 radical (unpaired) electrons. The van der Waals surface area contributed by atoms with Crippen LogP contribution in [0.15, 0.2) is 54.6 Å². The Hall–Kier alpha value is -1.88. The molecule has 28 heavy (non-hydrogen) atoms. The fourth-order valence-corrected chi connectivity index (χ4v) is 4.97. The van der Waals surface area contributed by atoms with Gasteiger partial charge in [0, 0.05) is 30.1 Å². The number of para-hydroxylation sites is 1. The van der Waals surface area contributed by atoms with E-state index in [0.29, 0.717) is 19.3 Å². The summed E-state index contributed by atoms with van der Waals surface area (Å²) >= 11 is 0. The summed E-state index contributed by atoms with van der Waals surface area (Å²) in [5.74, 6) is 0.974. The van der Waals surface area contributed by atoms with Gasteiger partial charge in [-0.2, -0.15) is 0 Å². The van der Waals surface area contributed by atoms with E-state index in [-0.39, 0.29) is 5.41 Å². The summed E-state index contributed by atoms with van der Waals surface area (Å²) in [5, 5.41) is 10.1. The highest BCUT2D eigenvalue weighted by atomic mass is 16.5. The first kappa shape index (κ1) is 19.4. The molecule has 0 saturated carbocycles. The number of aliphatic hydroxyl groups excluding tert-OH is 1. The third kappa shape index (κ3) is 4.09. The van der Waals surface area contributed by atoms with E-state index in [2.05, 4.69) is 47.2 Å². The van der Waals surface area contributed by atoms with Gasteiger partial charge in [-0.3, -0.25) is 4.90 Å². The van der Waals surface area contributed by atoms with E-state index in [9.17, 15) is 5.11 Å². The third-order valence-corrected chi connectivity index (χ3v) is 6.70. The second-order valence-corrected chi connectivity index (χ2v) is 8.49. The first-order valence-corrected chi connectivity index (χ1v) is 10.5. The van der Waals surface area contributed by atoms with Crippen LogP contribution in [-0.2, 0) is 13.2 Å². The van der Waals surface area contributed by atoms with Crippen LogP contribution in [0.3, 0.4) is 0 Å². The molecule has 0 aromatic heterocycles. The molecule has 0 aliphatic carbocycles. The van der Waals surface area contributed by atoms with Crippen LogP contribution in [0.5, 0.6) is 5.75 Å². The van der Waals surface area contributed by atoms with E-state index in [1.54, 1.807) is 0 Å². The molecule has 1 N–H and O–H groups in total. The number of fused-ring (bicyclic) bond motifs is 1. The minimum absolute atomic E-state index is 0.0901. The lowest BCUT2D eigenvalue weighted by Crippen LogP contribution is -2.61. The molecule has 2 atom stereocenters.